The highest BCUT2D eigenvalue weighted by molar-refractivity contribution is 6.00. The first-order valence-corrected chi connectivity index (χ1v) is 7.19. The van der Waals surface area contributed by atoms with Gasteiger partial charge in [0.2, 0.25) is 11.8 Å². The van der Waals surface area contributed by atoms with Gasteiger partial charge in [0.25, 0.3) is 5.69 Å². The fourth-order valence-corrected chi connectivity index (χ4v) is 2.51. The van der Waals surface area contributed by atoms with Crippen LogP contribution >= 0.6 is 0 Å². The minimum absolute atomic E-state index is 0.0159. The maximum absolute atomic E-state index is 12.5. The molecule has 7 nitrogen and oxygen atoms in total. The highest BCUT2D eigenvalue weighted by Gasteiger charge is 2.35. The van der Waals surface area contributed by atoms with E-state index >= 15 is 0 Å². The SMILES string of the molecule is CC(C)C(=O)N1CCN(c2ccc([N+](=O)[O-])cc2)C(=O)[C@H]1C. The quantitative estimate of drug-likeness (QED) is 0.630. The van der Waals surface area contributed by atoms with Crippen molar-refractivity contribution in [1.82, 2.24) is 4.90 Å². The van der Waals surface area contributed by atoms with Gasteiger partial charge in [-0.2, -0.15) is 0 Å². The highest BCUT2D eigenvalue weighted by Crippen LogP contribution is 2.23. The number of anilines is 1. The molecule has 0 aromatic heterocycles. The molecule has 0 unspecified atom stereocenters. The number of piperazine rings is 1. The topological polar surface area (TPSA) is 83.8 Å². The Kier molecular flexibility index (Phi) is 4.44. The number of hydrogen-bond acceptors (Lipinski definition) is 4. The number of nitro groups is 1. The van der Waals surface area contributed by atoms with Gasteiger partial charge in [0.05, 0.1) is 4.92 Å². The summed E-state index contributed by atoms with van der Waals surface area (Å²) in [6.45, 7) is 6.17. The van der Waals surface area contributed by atoms with E-state index in [0.717, 1.165) is 0 Å². The standard InChI is InChI=1S/C15H19N3O4/c1-10(2)14(19)16-8-9-17(15(20)11(16)3)12-4-6-13(7-5-12)18(21)22/h4-7,10-11H,8-9H2,1-3H3/t11-/m1/s1. The monoisotopic (exact) mass is 305 g/mol. The van der Waals surface area contributed by atoms with Crippen molar-refractivity contribution in [3.8, 4) is 0 Å². The molecule has 1 aliphatic rings. The van der Waals surface area contributed by atoms with E-state index in [0.29, 0.717) is 18.8 Å². The molecule has 2 rings (SSSR count). The number of benzene rings is 1. The summed E-state index contributed by atoms with van der Waals surface area (Å²) in [6, 6.07) is 5.34. The van der Waals surface area contributed by atoms with Crippen molar-refractivity contribution in [2.24, 2.45) is 5.92 Å². The third-order valence-corrected chi connectivity index (χ3v) is 3.80. The molecule has 22 heavy (non-hydrogen) atoms. The minimum atomic E-state index is -0.529. The van der Waals surface area contributed by atoms with Crippen molar-refractivity contribution in [2.45, 2.75) is 26.8 Å². The number of carbonyl (C=O) groups is 2. The first-order chi connectivity index (χ1) is 10.3. The number of amides is 2. The third-order valence-electron chi connectivity index (χ3n) is 3.80. The average molecular weight is 305 g/mol. The Hall–Kier alpha value is -2.44. The van der Waals surface area contributed by atoms with Gasteiger partial charge in [0, 0.05) is 36.8 Å². The number of hydrogen-bond donors (Lipinski definition) is 0. The van der Waals surface area contributed by atoms with Crippen LogP contribution in [0.5, 0.6) is 0 Å². The zero-order valence-corrected chi connectivity index (χ0v) is 12.9. The molecule has 0 N–H and O–H groups in total. The van der Waals surface area contributed by atoms with E-state index in [-0.39, 0.29) is 23.4 Å². The molecule has 1 fully saturated rings. The van der Waals surface area contributed by atoms with Gasteiger partial charge in [-0.3, -0.25) is 19.7 Å². The molecular formula is C15H19N3O4. The summed E-state index contributed by atoms with van der Waals surface area (Å²) in [4.78, 5) is 37.9. The summed E-state index contributed by atoms with van der Waals surface area (Å²) in [5.74, 6) is -0.362. The summed E-state index contributed by atoms with van der Waals surface area (Å²) in [7, 11) is 0. The lowest BCUT2D eigenvalue weighted by molar-refractivity contribution is -0.384. The number of nitrogens with zero attached hydrogens (tertiary/aromatic N) is 3. The summed E-state index contributed by atoms with van der Waals surface area (Å²) in [5, 5.41) is 10.7. The van der Waals surface area contributed by atoms with Gasteiger partial charge < -0.3 is 9.80 Å². The minimum Gasteiger partial charge on any atom is -0.329 e. The van der Waals surface area contributed by atoms with Crippen molar-refractivity contribution >= 4 is 23.2 Å². The Morgan fingerprint density at radius 3 is 2.36 bits per heavy atom. The Balaban J connectivity index is 2.17. The fraction of sp³-hybridized carbons (Fsp3) is 0.467. The normalized spacial score (nSPS) is 18.7. The van der Waals surface area contributed by atoms with Gasteiger partial charge in [-0.25, -0.2) is 0 Å². The summed E-state index contributed by atoms with van der Waals surface area (Å²) in [5.41, 5.74) is 0.594. The lowest BCUT2D eigenvalue weighted by atomic mass is 10.1. The fourth-order valence-electron chi connectivity index (χ4n) is 2.51. The van der Waals surface area contributed by atoms with Gasteiger partial charge in [0.15, 0.2) is 0 Å². The largest absolute Gasteiger partial charge is 0.329 e. The highest BCUT2D eigenvalue weighted by atomic mass is 16.6. The zero-order chi connectivity index (χ0) is 16.4. The molecule has 1 aromatic carbocycles. The predicted molar refractivity (Wildman–Crippen MR) is 81.5 cm³/mol. The van der Waals surface area contributed by atoms with E-state index in [4.69, 9.17) is 0 Å². The Morgan fingerprint density at radius 1 is 1.27 bits per heavy atom. The van der Waals surface area contributed by atoms with Crippen LogP contribution in [0.15, 0.2) is 24.3 Å². The lowest BCUT2D eigenvalue weighted by Crippen LogP contribution is -2.58. The summed E-state index contributed by atoms with van der Waals surface area (Å²) < 4.78 is 0. The Morgan fingerprint density at radius 2 is 1.86 bits per heavy atom. The second-order valence-corrected chi connectivity index (χ2v) is 5.63. The van der Waals surface area contributed by atoms with Crippen LogP contribution in [-0.4, -0.2) is 40.8 Å². The third kappa shape index (κ3) is 2.93. The van der Waals surface area contributed by atoms with Gasteiger partial charge in [-0.05, 0) is 19.1 Å². The second kappa shape index (κ2) is 6.13. The van der Waals surface area contributed by atoms with Gasteiger partial charge in [-0.15, -0.1) is 0 Å². The van der Waals surface area contributed by atoms with E-state index in [2.05, 4.69) is 0 Å². The van der Waals surface area contributed by atoms with Crippen molar-refractivity contribution in [1.29, 1.82) is 0 Å². The molecule has 118 valence electrons. The van der Waals surface area contributed by atoms with Gasteiger partial charge >= 0.3 is 0 Å². The molecule has 0 saturated carbocycles. The first-order valence-electron chi connectivity index (χ1n) is 7.19. The van der Waals surface area contributed by atoms with Gasteiger partial charge in [0.1, 0.15) is 6.04 Å². The smallest absolute Gasteiger partial charge is 0.269 e. The van der Waals surface area contributed by atoms with Crippen LogP contribution in [-0.2, 0) is 9.59 Å². The van der Waals surface area contributed by atoms with E-state index in [1.807, 2.05) is 13.8 Å². The molecule has 0 aliphatic carbocycles. The van der Waals surface area contributed by atoms with Crippen LogP contribution in [0.25, 0.3) is 0 Å². The summed E-state index contributed by atoms with van der Waals surface area (Å²) in [6.07, 6.45) is 0. The Labute approximate surface area is 128 Å². The van der Waals surface area contributed by atoms with Crippen LogP contribution in [0.2, 0.25) is 0 Å². The van der Waals surface area contributed by atoms with E-state index in [1.165, 1.54) is 12.1 Å². The van der Waals surface area contributed by atoms with Crippen LogP contribution in [0.4, 0.5) is 11.4 Å². The number of carbonyl (C=O) groups excluding carboxylic acids is 2. The molecule has 1 atom stereocenters. The summed E-state index contributed by atoms with van der Waals surface area (Å²) >= 11 is 0. The molecule has 1 saturated heterocycles. The maximum atomic E-state index is 12.5. The molecule has 1 aliphatic heterocycles. The molecule has 0 spiro atoms. The predicted octanol–water partition coefficient (Wildman–Crippen LogP) is 1.81. The van der Waals surface area contributed by atoms with Gasteiger partial charge in [-0.1, -0.05) is 13.8 Å². The van der Waals surface area contributed by atoms with Crippen LogP contribution in [0.3, 0.4) is 0 Å². The van der Waals surface area contributed by atoms with Crippen molar-refractivity contribution in [3.63, 3.8) is 0 Å². The molecule has 0 radical (unpaired) electrons. The van der Waals surface area contributed by atoms with E-state index in [9.17, 15) is 19.7 Å². The van der Waals surface area contributed by atoms with Crippen molar-refractivity contribution < 1.29 is 14.5 Å². The molecular weight excluding hydrogens is 286 g/mol. The maximum Gasteiger partial charge on any atom is 0.269 e. The number of rotatable bonds is 3. The average Bonchev–Trinajstić information content (AvgIpc) is 2.49. The molecule has 0 bridgehead atoms. The van der Waals surface area contributed by atoms with Crippen LogP contribution in [0.1, 0.15) is 20.8 Å². The lowest BCUT2D eigenvalue weighted by Gasteiger charge is -2.39. The van der Waals surface area contributed by atoms with Crippen LogP contribution in [0, 0.1) is 16.0 Å². The van der Waals surface area contributed by atoms with Crippen molar-refractivity contribution in [3.05, 3.63) is 34.4 Å². The number of non-ortho nitro benzene ring substituents is 1. The second-order valence-electron chi connectivity index (χ2n) is 5.63. The molecule has 1 heterocycles. The van der Waals surface area contributed by atoms with Crippen LogP contribution < -0.4 is 4.90 Å². The zero-order valence-electron chi connectivity index (χ0n) is 12.9. The molecule has 1 aromatic rings. The molecule has 7 heteroatoms. The Bertz CT molecular complexity index is 597. The van der Waals surface area contributed by atoms with E-state index < -0.39 is 11.0 Å². The first kappa shape index (κ1) is 15.9. The van der Waals surface area contributed by atoms with E-state index in [1.54, 1.807) is 28.9 Å². The molecule has 2 amide bonds. The number of nitro benzene ring substituents is 1. The van der Waals surface area contributed by atoms with Crippen molar-refractivity contribution in [2.75, 3.05) is 18.0 Å².